The first-order valence-corrected chi connectivity index (χ1v) is 7.67. The van der Waals surface area contributed by atoms with Crippen LogP contribution in [0.4, 0.5) is 5.69 Å². The minimum Gasteiger partial charge on any atom is -0.468 e. The molecule has 0 N–H and O–H groups in total. The molecule has 2 aromatic rings. The molecule has 3 rings (SSSR count). The van der Waals surface area contributed by atoms with Gasteiger partial charge in [0.25, 0.3) is 0 Å². The molecule has 1 aromatic heterocycles. The van der Waals surface area contributed by atoms with Crippen LogP contribution >= 0.6 is 0 Å². The van der Waals surface area contributed by atoms with Gasteiger partial charge in [0.05, 0.1) is 20.5 Å². The topological polar surface area (TPSA) is 69.0 Å². The number of carbonyl (C=O) groups excluding carboxylic acids is 2. The Morgan fingerprint density at radius 2 is 1.75 bits per heavy atom. The maximum Gasteiger partial charge on any atom is 0.325 e. The van der Waals surface area contributed by atoms with Gasteiger partial charge in [0.1, 0.15) is 11.8 Å². The highest BCUT2D eigenvalue weighted by atomic mass is 16.5. The molecule has 0 spiro atoms. The number of carbonyl (C=O) groups is 2. The van der Waals surface area contributed by atoms with Gasteiger partial charge in [0.2, 0.25) is 0 Å². The van der Waals surface area contributed by atoms with E-state index in [1.54, 1.807) is 12.1 Å². The molecule has 1 aromatic carbocycles. The van der Waals surface area contributed by atoms with E-state index in [2.05, 4.69) is 0 Å². The fourth-order valence-electron chi connectivity index (χ4n) is 3.44. The van der Waals surface area contributed by atoms with Crippen molar-refractivity contribution in [1.29, 1.82) is 0 Å². The summed E-state index contributed by atoms with van der Waals surface area (Å²) in [6.07, 6.45) is 1.81. The lowest BCUT2D eigenvalue weighted by molar-refractivity contribution is -0.170. The summed E-state index contributed by atoms with van der Waals surface area (Å²) in [5, 5.41) is 0. The fraction of sp³-hybridized carbons (Fsp3) is 0.333. The Morgan fingerprint density at radius 3 is 2.29 bits per heavy atom. The summed E-state index contributed by atoms with van der Waals surface area (Å²) in [4.78, 5) is 27.2. The number of methoxy groups -OCH3 is 2. The van der Waals surface area contributed by atoms with Crippen molar-refractivity contribution in [3.05, 3.63) is 54.5 Å². The molecule has 0 amide bonds. The summed E-state index contributed by atoms with van der Waals surface area (Å²) in [6.45, 7) is 0.500. The van der Waals surface area contributed by atoms with Crippen molar-refractivity contribution in [2.45, 2.75) is 12.5 Å². The summed E-state index contributed by atoms with van der Waals surface area (Å²) < 4.78 is 15.5. The monoisotopic (exact) mass is 329 g/mol. The lowest BCUT2D eigenvalue weighted by atomic mass is 9.78. The highest BCUT2D eigenvalue weighted by Gasteiger charge is 2.62. The third-order valence-electron chi connectivity index (χ3n) is 4.53. The van der Waals surface area contributed by atoms with E-state index in [0.29, 0.717) is 12.3 Å². The predicted octanol–water partition coefficient (Wildman–Crippen LogP) is 2.56. The van der Waals surface area contributed by atoms with Crippen LogP contribution < -0.4 is 4.90 Å². The lowest BCUT2D eigenvalue weighted by Gasteiger charge is -2.33. The molecule has 6 heteroatoms. The van der Waals surface area contributed by atoms with Gasteiger partial charge < -0.3 is 18.8 Å². The smallest absolute Gasteiger partial charge is 0.325 e. The first-order chi connectivity index (χ1) is 11.6. The maximum atomic E-state index is 12.6. The third-order valence-corrected chi connectivity index (χ3v) is 4.53. The molecule has 126 valence electrons. The average molecular weight is 329 g/mol. The molecule has 1 unspecified atom stereocenters. The van der Waals surface area contributed by atoms with E-state index in [4.69, 9.17) is 13.9 Å². The minimum absolute atomic E-state index is 0.284. The first kappa shape index (κ1) is 16.1. The van der Waals surface area contributed by atoms with Crippen LogP contribution in [0.25, 0.3) is 0 Å². The van der Waals surface area contributed by atoms with Crippen molar-refractivity contribution in [3.8, 4) is 0 Å². The van der Waals surface area contributed by atoms with E-state index in [0.717, 1.165) is 5.69 Å². The van der Waals surface area contributed by atoms with Crippen LogP contribution in [0.2, 0.25) is 0 Å². The highest BCUT2D eigenvalue weighted by Crippen LogP contribution is 2.50. The Bertz CT molecular complexity index is 694. The SMILES string of the molecule is COC(=O)C1(C(=O)OC)CCN(c2ccccc2)C1c1ccco1. The summed E-state index contributed by atoms with van der Waals surface area (Å²) >= 11 is 0. The van der Waals surface area contributed by atoms with E-state index in [9.17, 15) is 9.59 Å². The Hall–Kier alpha value is -2.76. The van der Waals surface area contributed by atoms with Crippen LogP contribution in [0.5, 0.6) is 0 Å². The number of ether oxygens (including phenoxy) is 2. The zero-order chi connectivity index (χ0) is 17.2. The first-order valence-electron chi connectivity index (χ1n) is 7.67. The second-order valence-corrected chi connectivity index (χ2v) is 5.65. The summed E-state index contributed by atoms with van der Waals surface area (Å²) in [5.41, 5.74) is -0.564. The number of nitrogens with zero attached hydrogens (tertiary/aromatic N) is 1. The maximum absolute atomic E-state index is 12.6. The Kier molecular flexibility index (Phi) is 4.29. The number of rotatable bonds is 4. The zero-order valence-electron chi connectivity index (χ0n) is 13.6. The summed E-state index contributed by atoms with van der Waals surface area (Å²) in [7, 11) is 2.55. The average Bonchev–Trinajstić information content (AvgIpc) is 3.28. The summed E-state index contributed by atoms with van der Waals surface area (Å²) in [5.74, 6) is -0.712. The van der Waals surface area contributed by atoms with Gasteiger partial charge in [0, 0.05) is 12.2 Å². The van der Waals surface area contributed by atoms with Gasteiger partial charge in [0.15, 0.2) is 5.41 Å². The molecule has 1 aliphatic heterocycles. The molecule has 1 saturated heterocycles. The van der Waals surface area contributed by atoms with E-state index in [-0.39, 0.29) is 6.42 Å². The lowest BCUT2D eigenvalue weighted by Crippen LogP contribution is -2.46. The van der Waals surface area contributed by atoms with E-state index >= 15 is 0 Å². The molecule has 6 nitrogen and oxygen atoms in total. The highest BCUT2D eigenvalue weighted by molar-refractivity contribution is 6.02. The van der Waals surface area contributed by atoms with Gasteiger partial charge in [-0.25, -0.2) is 0 Å². The van der Waals surface area contributed by atoms with Crippen LogP contribution in [0.1, 0.15) is 18.2 Å². The van der Waals surface area contributed by atoms with Crippen LogP contribution in [0, 0.1) is 5.41 Å². The van der Waals surface area contributed by atoms with Crippen molar-refractivity contribution in [2.75, 3.05) is 25.7 Å². The Morgan fingerprint density at radius 1 is 1.08 bits per heavy atom. The number of hydrogen-bond donors (Lipinski definition) is 0. The molecule has 2 heterocycles. The normalized spacial score (nSPS) is 19.1. The van der Waals surface area contributed by atoms with Gasteiger partial charge in [-0.3, -0.25) is 9.59 Å². The molecular weight excluding hydrogens is 310 g/mol. The number of benzene rings is 1. The predicted molar refractivity (Wildman–Crippen MR) is 86.3 cm³/mol. The number of esters is 2. The third kappa shape index (κ3) is 2.35. The van der Waals surface area contributed by atoms with E-state index in [1.807, 2.05) is 35.2 Å². The fourth-order valence-corrected chi connectivity index (χ4v) is 3.44. The quantitative estimate of drug-likeness (QED) is 0.634. The van der Waals surface area contributed by atoms with Gasteiger partial charge in [-0.15, -0.1) is 0 Å². The van der Waals surface area contributed by atoms with Gasteiger partial charge in [-0.2, -0.15) is 0 Å². The molecule has 24 heavy (non-hydrogen) atoms. The van der Waals surface area contributed by atoms with E-state index in [1.165, 1.54) is 20.5 Å². The number of para-hydroxylation sites is 1. The van der Waals surface area contributed by atoms with Crippen LogP contribution in [-0.4, -0.2) is 32.7 Å². The van der Waals surface area contributed by atoms with Crippen molar-refractivity contribution in [2.24, 2.45) is 5.41 Å². The molecule has 1 atom stereocenters. The molecule has 1 aliphatic rings. The standard InChI is InChI=1S/C18H19NO5/c1-22-16(20)18(17(21)23-2)10-11-19(13-7-4-3-5-8-13)15(18)14-9-6-12-24-14/h3-9,12,15H,10-11H2,1-2H3. The number of furan rings is 1. The zero-order valence-corrected chi connectivity index (χ0v) is 13.6. The Balaban J connectivity index is 2.15. The van der Waals surface area contributed by atoms with Crippen molar-refractivity contribution in [1.82, 2.24) is 0 Å². The molecular formula is C18H19NO5. The van der Waals surface area contributed by atoms with Crippen LogP contribution in [0.15, 0.2) is 53.1 Å². The van der Waals surface area contributed by atoms with Crippen molar-refractivity contribution < 1.29 is 23.5 Å². The van der Waals surface area contributed by atoms with Gasteiger partial charge >= 0.3 is 11.9 Å². The van der Waals surface area contributed by atoms with Gasteiger partial charge in [-0.05, 0) is 30.7 Å². The van der Waals surface area contributed by atoms with Crippen LogP contribution in [-0.2, 0) is 19.1 Å². The second kappa shape index (κ2) is 6.39. The summed E-state index contributed by atoms with van der Waals surface area (Å²) in [6, 6.07) is 12.4. The Labute approximate surface area is 140 Å². The second-order valence-electron chi connectivity index (χ2n) is 5.65. The van der Waals surface area contributed by atoms with Crippen LogP contribution in [0.3, 0.4) is 0 Å². The van der Waals surface area contributed by atoms with Gasteiger partial charge in [-0.1, -0.05) is 18.2 Å². The molecule has 0 bridgehead atoms. The minimum atomic E-state index is -1.46. The van der Waals surface area contributed by atoms with Crippen molar-refractivity contribution >= 4 is 17.6 Å². The van der Waals surface area contributed by atoms with Crippen molar-refractivity contribution in [3.63, 3.8) is 0 Å². The van der Waals surface area contributed by atoms with E-state index < -0.39 is 23.4 Å². The number of hydrogen-bond acceptors (Lipinski definition) is 6. The largest absolute Gasteiger partial charge is 0.468 e. The number of anilines is 1. The molecule has 0 aliphatic carbocycles. The molecule has 0 radical (unpaired) electrons. The molecule has 1 fully saturated rings. The molecule has 0 saturated carbocycles.